The number of aromatic nitrogens is 1. The first-order valence-electron chi connectivity index (χ1n) is 11.3. The number of fused-ring (bicyclic) bond motifs is 1. The molecule has 1 fully saturated rings. The van der Waals surface area contributed by atoms with Gasteiger partial charge in [0.15, 0.2) is 18.2 Å². The molecule has 2 heterocycles. The summed E-state index contributed by atoms with van der Waals surface area (Å²) in [6, 6.07) is 7.18. The molecule has 168 valence electrons. The first-order chi connectivity index (χ1) is 15.6. The summed E-state index contributed by atoms with van der Waals surface area (Å²) in [4.78, 5) is 19.3. The van der Waals surface area contributed by atoms with Gasteiger partial charge in [0.25, 0.3) is 5.91 Å². The second-order valence-electron chi connectivity index (χ2n) is 8.60. The van der Waals surface area contributed by atoms with Crippen molar-refractivity contribution in [2.45, 2.75) is 44.6 Å². The predicted molar refractivity (Wildman–Crippen MR) is 120 cm³/mol. The van der Waals surface area contributed by atoms with Crippen molar-refractivity contribution in [3.63, 3.8) is 0 Å². The Morgan fingerprint density at radius 2 is 2.12 bits per heavy atom. The minimum atomic E-state index is -0.463. The van der Waals surface area contributed by atoms with E-state index < -0.39 is 6.10 Å². The summed E-state index contributed by atoms with van der Waals surface area (Å²) in [6.07, 6.45) is 9.94. The number of carbonyl (C=O) groups excluding carboxylic acids is 1. The number of carbonyl (C=O) groups is 1. The third-order valence-electron chi connectivity index (χ3n) is 6.35. The zero-order valence-corrected chi connectivity index (χ0v) is 18.3. The molecule has 1 aromatic carbocycles. The van der Waals surface area contributed by atoms with E-state index in [1.54, 1.807) is 36.4 Å². The molecular formula is C25H28N2O5. The Bertz CT molecular complexity index is 1050. The first-order valence-corrected chi connectivity index (χ1v) is 11.3. The van der Waals surface area contributed by atoms with Crippen molar-refractivity contribution >= 4 is 17.2 Å². The van der Waals surface area contributed by atoms with Gasteiger partial charge in [-0.1, -0.05) is 6.08 Å². The van der Waals surface area contributed by atoms with Gasteiger partial charge in [0.1, 0.15) is 17.9 Å². The number of allylic oxidation sites excluding steroid dienone is 2. The number of anilines is 1. The van der Waals surface area contributed by atoms with Gasteiger partial charge in [0.05, 0.1) is 24.6 Å². The van der Waals surface area contributed by atoms with Crippen molar-refractivity contribution in [2.75, 3.05) is 25.3 Å². The number of nitrogens with zero attached hydrogens (tertiary/aromatic N) is 2. The molecule has 1 aromatic heterocycles. The number of aliphatic hydroxyl groups excluding tert-OH is 1. The number of hydrogen-bond donors (Lipinski definition) is 1. The Morgan fingerprint density at radius 1 is 1.25 bits per heavy atom. The van der Waals surface area contributed by atoms with E-state index in [0.29, 0.717) is 34.4 Å². The fraction of sp³-hybridized carbons (Fsp3) is 0.440. The van der Waals surface area contributed by atoms with Gasteiger partial charge in [-0.2, -0.15) is 0 Å². The largest absolute Gasteiger partial charge is 0.493 e. The summed E-state index contributed by atoms with van der Waals surface area (Å²) in [5.74, 6) is 1.79. The van der Waals surface area contributed by atoms with Gasteiger partial charge in [0.2, 0.25) is 0 Å². The highest BCUT2D eigenvalue weighted by atomic mass is 16.5. The number of aliphatic hydroxyl groups is 1. The maximum absolute atomic E-state index is 13.2. The number of ether oxygens (including phenoxy) is 3. The molecule has 0 spiro atoms. The lowest BCUT2D eigenvalue weighted by Gasteiger charge is -2.29. The summed E-state index contributed by atoms with van der Waals surface area (Å²) in [7, 11) is 1.55. The van der Waals surface area contributed by atoms with Crippen molar-refractivity contribution in [1.82, 2.24) is 4.98 Å². The quantitative estimate of drug-likeness (QED) is 0.701. The molecule has 0 radical (unpaired) electrons. The van der Waals surface area contributed by atoms with Crippen LogP contribution in [0.4, 0.5) is 5.69 Å². The zero-order valence-electron chi connectivity index (χ0n) is 18.3. The SMILES string of the molecule is COc1cc(N2COc3cc(C4=CCCCC4)ncc3C2=O)ccc1OC[C@H](O)C1CC1. The third kappa shape index (κ3) is 4.17. The van der Waals surface area contributed by atoms with Gasteiger partial charge in [-0.25, -0.2) is 0 Å². The van der Waals surface area contributed by atoms with Crippen LogP contribution in [0.2, 0.25) is 0 Å². The standard InChI is InChI=1S/C25H28N2O5/c1-30-24-11-18(9-10-22(24)31-14-21(28)17-7-8-17)27-15-32-23-12-20(16-5-3-2-4-6-16)26-13-19(23)25(27)29/h5,9-13,17,21,28H,2-4,6-8,14-15H2,1H3/t21-/m0/s1. The third-order valence-corrected chi connectivity index (χ3v) is 6.35. The Balaban J connectivity index is 1.33. The Morgan fingerprint density at radius 3 is 2.88 bits per heavy atom. The number of amides is 1. The lowest BCUT2D eigenvalue weighted by atomic mass is 9.96. The Hall–Kier alpha value is -3.06. The molecule has 1 N–H and O–H groups in total. The average Bonchev–Trinajstić information content (AvgIpc) is 3.69. The van der Waals surface area contributed by atoms with Crippen LogP contribution in [0.25, 0.3) is 5.57 Å². The summed E-state index contributed by atoms with van der Waals surface area (Å²) in [6.45, 7) is 0.335. The molecular weight excluding hydrogens is 408 g/mol. The van der Waals surface area contributed by atoms with Crippen molar-refractivity contribution in [3.8, 4) is 17.2 Å². The Labute approximate surface area is 187 Å². The molecule has 7 nitrogen and oxygen atoms in total. The van der Waals surface area contributed by atoms with Gasteiger partial charge < -0.3 is 19.3 Å². The van der Waals surface area contributed by atoms with Gasteiger partial charge in [-0.15, -0.1) is 0 Å². The molecule has 0 bridgehead atoms. The van der Waals surface area contributed by atoms with E-state index in [4.69, 9.17) is 14.2 Å². The van der Waals surface area contributed by atoms with Gasteiger partial charge in [0, 0.05) is 18.3 Å². The molecule has 1 atom stereocenters. The summed E-state index contributed by atoms with van der Waals surface area (Å²) < 4.78 is 17.2. The molecule has 3 aliphatic rings. The lowest BCUT2D eigenvalue weighted by molar-refractivity contribution is 0.0879. The molecule has 5 rings (SSSR count). The average molecular weight is 437 g/mol. The van der Waals surface area contributed by atoms with Crippen molar-refractivity contribution < 1.29 is 24.1 Å². The lowest BCUT2D eigenvalue weighted by Crippen LogP contribution is -2.38. The van der Waals surface area contributed by atoms with Crippen molar-refractivity contribution in [1.29, 1.82) is 0 Å². The van der Waals surface area contributed by atoms with Gasteiger partial charge in [-0.05, 0) is 62.1 Å². The number of rotatable bonds is 7. The molecule has 32 heavy (non-hydrogen) atoms. The molecule has 1 saturated carbocycles. The molecule has 7 heteroatoms. The summed E-state index contributed by atoms with van der Waals surface area (Å²) in [5, 5.41) is 10.1. The van der Waals surface area contributed by atoms with Gasteiger partial charge >= 0.3 is 0 Å². The topological polar surface area (TPSA) is 81.1 Å². The van der Waals surface area contributed by atoms with Crippen LogP contribution in [0.3, 0.4) is 0 Å². The van der Waals surface area contributed by atoms with Crippen molar-refractivity contribution in [3.05, 3.63) is 47.8 Å². The van der Waals surface area contributed by atoms with Crippen LogP contribution in [0.1, 0.15) is 54.6 Å². The molecule has 1 amide bonds. The van der Waals surface area contributed by atoms with Crippen LogP contribution in [0.15, 0.2) is 36.5 Å². The van der Waals surface area contributed by atoms with E-state index >= 15 is 0 Å². The molecule has 1 aliphatic heterocycles. The smallest absolute Gasteiger partial charge is 0.266 e. The molecule has 0 saturated heterocycles. The van der Waals surface area contributed by atoms with Crippen LogP contribution in [-0.4, -0.2) is 42.5 Å². The van der Waals surface area contributed by atoms with E-state index in [1.807, 2.05) is 6.07 Å². The fourth-order valence-corrected chi connectivity index (χ4v) is 4.23. The van der Waals surface area contributed by atoms with Gasteiger partial charge in [-0.3, -0.25) is 14.7 Å². The number of benzene rings is 1. The second-order valence-corrected chi connectivity index (χ2v) is 8.60. The number of pyridine rings is 1. The highest BCUT2D eigenvalue weighted by molar-refractivity contribution is 6.08. The first kappa shape index (κ1) is 20.8. The Kier molecular flexibility index (Phi) is 5.74. The van der Waals surface area contributed by atoms with E-state index in [1.165, 1.54) is 18.4 Å². The monoisotopic (exact) mass is 436 g/mol. The predicted octanol–water partition coefficient (Wildman–Crippen LogP) is 4.19. The summed E-state index contributed by atoms with van der Waals surface area (Å²) in [5.41, 5.74) is 3.21. The van der Waals surface area contributed by atoms with E-state index in [-0.39, 0.29) is 19.2 Å². The van der Waals surface area contributed by atoms with Crippen molar-refractivity contribution in [2.24, 2.45) is 5.92 Å². The molecule has 0 unspecified atom stereocenters. The van der Waals surface area contributed by atoms with Crippen LogP contribution in [0, 0.1) is 5.92 Å². The highest BCUT2D eigenvalue weighted by Crippen LogP contribution is 2.37. The van der Waals surface area contributed by atoms with E-state index in [9.17, 15) is 9.90 Å². The van der Waals surface area contributed by atoms with Crippen LogP contribution < -0.4 is 19.1 Å². The summed E-state index contributed by atoms with van der Waals surface area (Å²) >= 11 is 0. The highest BCUT2D eigenvalue weighted by Gasteiger charge is 2.31. The fourth-order valence-electron chi connectivity index (χ4n) is 4.23. The molecule has 2 aliphatic carbocycles. The second kappa shape index (κ2) is 8.82. The van der Waals surface area contributed by atoms with Crippen LogP contribution in [0.5, 0.6) is 17.2 Å². The minimum Gasteiger partial charge on any atom is -0.493 e. The van der Waals surface area contributed by atoms with E-state index in [0.717, 1.165) is 31.4 Å². The molecule has 2 aromatic rings. The minimum absolute atomic E-state index is 0.109. The van der Waals surface area contributed by atoms with E-state index in [2.05, 4.69) is 11.1 Å². The van der Waals surface area contributed by atoms with Crippen LogP contribution in [-0.2, 0) is 0 Å². The number of methoxy groups -OCH3 is 1. The normalized spacial score (nSPS) is 19.0. The van der Waals surface area contributed by atoms with Crippen LogP contribution >= 0.6 is 0 Å². The maximum atomic E-state index is 13.2. The number of hydrogen-bond acceptors (Lipinski definition) is 6. The maximum Gasteiger partial charge on any atom is 0.266 e. The zero-order chi connectivity index (χ0) is 22.1.